The van der Waals surface area contributed by atoms with E-state index in [1.165, 1.54) is 4.90 Å². The maximum Gasteiger partial charge on any atom is 0.326 e. The van der Waals surface area contributed by atoms with Crippen molar-refractivity contribution in [2.45, 2.75) is 32.2 Å². The summed E-state index contributed by atoms with van der Waals surface area (Å²) in [6.07, 6.45) is 8.58. The fourth-order valence-electron chi connectivity index (χ4n) is 2.14. The van der Waals surface area contributed by atoms with E-state index in [4.69, 9.17) is 16.6 Å². The molecule has 122 valence electrons. The number of rotatable bonds is 7. The summed E-state index contributed by atoms with van der Waals surface area (Å²) in [5, 5.41) is 9.37. The molecule has 0 saturated carbocycles. The zero-order valence-electron chi connectivity index (χ0n) is 12.6. The van der Waals surface area contributed by atoms with Gasteiger partial charge in [0.15, 0.2) is 0 Å². The molecule has 0 spiro atoms. The number of thiocarbonyl (C=S) groups is 1. The van der Waals surface area contributed by atoms with Gasteiger partial charge >= 0.3 is 5.97 Å². The van der Waals surface area contributed by atoms with Gasteiger partial charge in [0.05, 0.1) is 11.2 Å². The molecule has 1 aliphatic rings. The van der Waals surface area contributed by atoms with Crippen LogP contribution in [0.3, 0.4) is 0 Å². The molecule has 23 heavy (non-hydrogen) atoms. The number of carbonyl (C=O) groups is 2. The average molecular weight is 351 g/mol. The summed E-state index contributed by atoms with van der Waals surface area (Å²) in [5.74, 6) is -0.710. The van der Waals surface area contributed by atoms with E-state index in [2.05, 4.69) is 0 Å². The van der Waals surface area contributed by atoms with Crippen LogP contribution in [0, 0.1) is 0 Å². The van der Waals surface area contributed by atoms with Gasteiger partial charge in [-0.2, -0.15) is 0 Å². The number of amides is 1. The number of unbranched alkanes of at least 4 members (excludes halogenated alkanes) is 1. The number of hydrogen-bond acceptors (Lipinski definition) is 5. The summed E-state index contributed by atoms with van der Waals surface area (Å²) in [4.78, 5) is 25.5. The molecule has 1 aromatic rings. The Labute approximate surface area is 144 Å². The van der Waals surface area contributed by atoms with Gasteiger partial charge < -0.3 is 9.52 Å². The van der Waals surface area contributed by atoms with Crippen LogP contribution < -0.4 is 0 Å². The smallest absolute Gasteiger partial charge is 0.326 e. The van der Waals surface area contributed by atoms with E-state index in [1.807, 2.05) is 6.92 Å². The minimum Gasteiger partial charge on any atom is -0.480 e. The zero-order chi connectivity index (χ0) is 16.8. The molecule has 1 aliphatic heterocycles. The zero-order valence-corrected chi connectivity index (χ0v) is 14.2. The van der Waals surface area contributed by atoms with E-state index in [0.29, 0.717) is 17.1 Å². The Hall–Kier alpha value is -1.86. The fourth-order valence-corrected chi connectivity index (χ4v) is 3.45. The molecule has 0 unspecified atom stereocenters. The van der Waals surface area contributed by atoms with Crippen molar-refractivity contribution < 1.29 is 19.1 Å². The summed E-state index contributed by atoms with van der Waals surface area (Å²) in [6.45, 7) is 1.97. The molecule has 1 fully saturated rings. The Bertz CT molecular complexity index is 649. The van der Waals surface area contributed by atoms with E-state index in [-0.39, 0.29) is 10.2 Å². The van der Waals surface area contributed by atoms with Crippen molar-refractivity contribution in [1.29, 1.82) is 0 Å². The summed E-state index contributed by atoms with van der Waals surface area (Å²) >= 11 is 6.31. The van der Waals surface area contributed by atoms with Crippen molar-refractivity contribution in [3.8, 4) is 0 Å². The first-order valence-electron chi connectivity index (χ1n) is 7.24. The fraction of sp³-hybridized carbons (Fsp3) is 0.312. The molecule has 1 atom stereocenters. The number of allylic oxidation sites excluding steroid dienone is 2. The third kappa shape index (κ3) is 4.33. The molecule has 0 bridgehead atoms. The maximum atomic E-state index is 12.4. The lowest BCUT2D eigenvalue weighted by Crippen LogP contribution is -2.43. The largest absolute Gasteiger partial charge is 0.480 e. The van der Waals surface area contributed by atoms with Crippen LogP contribution in [-0.4, -0.2) is 32.2 Å². The highest BCUT2D eigenvalue weighted by Gasteiger charge is 2.39. The standard InChI is InChI=1S/C16H17NO4S2/c1-2-3-8-12(15(19)20)17-14(18)13(23-16(17)22)9-4-6-11-7-5-10-21-11/h4-7,9-10,12H,2-3,8H2,1H3,(H,19,20)/b6-4+,13-9+/t12-/m1/s1. The highest BCUT2D eigenvalue weighted by Crippen LogP contribution is 2.33. The molecule has 7 heteroatoms. The van der Waals surface area contributed by atoms with Crippen molar-refractivity contribution >= 4 is 46.3 Å². The molecule has 0 radical (unpaired) electrons. The van der Waals surface area contributed by atoms with Crippen LogP contribution in [0.1, 0.15) is 31.9 Å². The summed E-state index contributed by atoms with van der Waals surface area (Å²) in [6, 6.07) is 2.66. The number of hydrogen-bond donors (Lipinski definition) is 1. The molecule has 0 aromatic carbocycles. The molecule has 0 aliphatic carbocycles. The second kappa shape index (κ2) is 8.12. The van der Waals surface area contributed by atoms with Gasteiger partial charge in [-0.15, -0.1) is 0 Å². The molecule has 2 rings (SSSR count). The van der Waals surface area contributed by atoms with Gasteiger partial charge in [-0.3, -0.25) is 9.69 Å². The monoisotopic (exact) mass is 351 g/mol. The van der Waals surface area contributed by atoms with Gasteiger partial charge in [-0.05, 0) is 30.7 Å². The number of carbonyl (C=O) groups excluding carboxylic acids is 1. The van der Waals surface area contributed by atoms with Crippen molar-refractivity contribution in [2.75, 3.05) is 0 Å². The first-order valence-corrected chi connectivity index (χ1v) is 8.47. The Kier molecular flexibility index (Phi) is 6.18. The van der Waals surface area contributed by atoms with E-state index >= 15 is 0 Å². The van der Waals surface area contributed by atoms with Gasteiger partial charge in [0, 0.05) is 0 Å². The topological polar surface area (TPSA) is 70.8 Å². The summed E-state index contributed by atoms with van der Waals surface area (Å²) in [7, 11) is 0. The highest BCUT2D eigenvalue weighted by atomic mass is 32.2. The van der Waals surface area contributed by atoms with Crippen LogP contribution in [0.5, 0.6) is 0 Å². The van der Waals surface area contributed by atoms with E-state index in [0.717, 1.165) is 24.6 Å². The van der Waals surface area contributed by atoms with Crippen molar-refractivity contribution in [1.82, 2.24) is 4.90 Å². The average Bonchev–Trinajstić information content (AvgIpc) is 3.11. The molecule has 5 nitrogen and oxygen atoms in total. The van der Waals surface area contributed by atoms with Crippen molar-refractivity contribution in [2.24, 2.45) is 0 Å². The van der Waals surface area contributed by atoms with Gasteiger partial charge in [0.1, 0.15) is 16.1 Å². The van der Waals surface area contributed by atoms with E-state index in [9.17, 15) is 14.7 Å². The Morgan fingerprint density at radius 1 is 1.57 bits per heavy atom. The molecule has 1 N–H and O–H groups in total. The summed E-state index contributed by atoms with van der Waals surface area (Å²) in [5.41, 5.74) is 0. The minimum atomic E-state index is -1.03. The Balaban J connectivity index is 2.13. The van der Waals surface area contributed by atoms with E-state index in [1.54, 1.807) is 36.6 Å². The second-order valence-electron chi connectivity index (χ2n) is 4.94. The Morgan fingerprint density at radius 3 is 2.96 bits per heavy atom. The minimum absolute atomic E-state index is 0.288. The third-order valence-corrected chi connectivity index (χ3v) is 4.65. The van der Waals surface area contributed by atoms with Crippen LogP contribution in [0.25, 0.3) is 6.08 Å². The molecule has 1 saturated heterocycles. The molecular formula is C16H17NO4S2. The van der Waals surface area contributed by atoms with Gasteiger partial charge in [0.25, 0.3) is 5.91 Å². The van der Waals surface area contributed by atoms with Crippen molar-refractivity contribution in [3.63, 3.8) is 0 Å². The lowest BCUT2D eigenvalue weighted by atomic mass is 10.1. The van der Waals surface area contributed by atoms with Crippen molar-refractivity contribution in [3.05, 3.63) is 41.2 Å². The number of aliphatic carboxylic acids is 1. The maximum absolute atomic E-state index is 12.4. The van der Waals surface area contributed by atoms with Gasteiger partial charge in [0.2, 0.25) is 0 Å². The lowest BCUT2D eigenvalue weighted by Gasteiger charge is -2.22. The molecular weight excluding hydrogens is 334 g/mol. The molecule has 1 amide bonds. The number of carboxylic acids is 1. The molecule has 2 heterocycles. The van der Waals surface area contributed by atoms with E-state index < -0.39 is 12.0 Å². The lowest BCUT2D eigenvalue weighted by molar-refractivity contribution is -0.145. The highest BCUT2D eigenvalue weighted by molar-refractivity contribution is 8.26. The first-order chi connectivity index (χ1) is 11.0. The Morgan fingerprint density at radius 2 is 2.35 bits per heavy atom. The van der Waals surface area contributed by atoms with Crippen LogP contribution in [0.4, 0.5) is 0 Å². The number of thioether (sulfide) groups is 1. The second-order valence-corrected chi connectivity index (χ2v) is 6.62. The third-order valence-electron chi connectivity index (χ3n) is 3.30. The van der Waals surface area contributed by atoms with Gasteiger partial charge in [-0.1, -0.05) is 49.8 Å². The van der Waals surface area contributed by atoms with Crippen LogP contribution >= 0.6 is 24.0 Å². The first kappa shape index (κ1) is 17.5. The summed E-state index contributed by atoms with van der Waals surface area (Å²) < 4.78 is 5.45. The number of carboxylic acid groups (broad SMARTS) is 1. The number of furan rings is 1. The van der Waals surface area contributed by atoms with Crippen LogP contribution in [0.15, 0.2) is 39.9 Å². The molecule has 1 aromatic heterocycles. The SMILES string of the molecule is CCCC[C@H](C(=O)O)N1C(=O)/C(=C\C=C\c2ccco2)SC1=S. The predicted octanol–water partition coefficient (Wildman–Crippen LogP) is 3.68. The quantitative estimate of drug-likeness (QED) is 0.597. The van der Waals surface area contributed by atoms with Gasteiger partial charge in [-0.25, -0.2) is 4.79 Å². The predicted molar refractivity (Wildman–Crippen MR) is 93.8 cm³/mol. The number of nitrogens with zero attached hydrogens (tertiary/aromatic N) is 1. The van der Waals surface area contributed by atoms with Crippen LogP contribution in [-0.2, 0) is 9.59 Å². The van der Waals surface area contributed by atoms with Crippen LogP contribution in [0.2, 0.25) is 0 Å². The normalized spacial score (nSPS) is 18.3.